The first-order valence-corrected chi connectivity index (χ1v) is 10.4. The summed E-state index contributed by atoms with van der Waals surface area (Å²) in [4.78, 5) is 1.42. The summed E-state index contributed by atoms with van der Waals surface area (Å²) in [6, 6.07) is 11.8. The lowest BCUT2D eigenvalue weighted by Gasteiger charge is -2.40. The van der Waals surface area contributed by atoms with Crippen LogP contribution >= 0.6 is 23.7 Å². The Kier molecular flexibility index (Phi) is 4.52. The molecule has 21 heavy (non-hydrogen) atoms. The van der Waals surface area contributed by atoms with Gasteiger partial charge < -0.3 is 0 Å². The van der Waals surface area contributed by atoms with Crippen LogP contribution in [0.25, 0.3) is 0 Å². The third-order valence-corrected chi connectivity index (χ3v) is 8.06. The SMILES string of the molecule is c1ccc(SCCN2SC3CCCC4CCCC2C43)cc1. The molecule has 1 aromatic carbocycles. The molecule has 4 unspecified atom stereocenters. The quantitative estimate of drug-likeness (QED) is 0.563. The topological polar surface area (TPSA) is 3.24 Å². The third-order valence-electron chi connectivity index (χ3n) is 5.52. The van der Waals surface area contributed by atoms with E-state index >= 15 is 0 Å². The molecule has 0 spiro atoms. The first-order chi connectivity index (χ1) is 10.4. The Labute approximate surface area is 137 Å². The fraction of sp³-hybridized carbons (Fsp3) is 0.667. The van der Waals surface area contributed by atoms with Crippen LogP contribution in [0.2, 0.25) is 0 Å². The number of nitrogens with zero attached hydrogens (tertiary/aromatic N) is 1. The van der Waals surface area contributed by atoms with Crippen LogP contribution in [0.1, 0.15) is 38.5 Å². The highest BCUT2D eigenvalue weighted by Crippen LogP contribution is 2.53. The highest BCUT2D eigenvalue weighted by atomic mass is 32.2. The summed E-state index contributed by atoms with van der Waals surface area (Å²) in [6.07, 6.45) is 8.93. The molecule has 3 fully saturated rings. The predicted octanol–water partition coefficient (Wildman–Crippen LogP) is 5.08. The molecule has 1 aromatic rings. The minimum atomic E-state index is 0.899. The van der Waals surface area contributed by atoms with Gasteiger partial charge in [0.1, 0.15) is 0 Å². The Hall–Kier alpha value is -0.120. The van der Waals surface area contributed by atoms with Gasteiger partial charge in [-0.2, -0.15) is 0 Å². The van der Waals surface area contributed by atoms with E-state index < -0.39 is 0 Å². The van der Waals surface area contributed by atoms with Gasteiger partial charge in [-0.05, 0) is 36.8 Å². The smallest absolute Gasteiger partial charge is 0.0244 e. The van der Waals surface area contributed by atoms with Crippen LogP contribution in [0, 0.1) is 11.8 Å². The van der Waals surface area contributed by atoms with E-state index in [0.717, 1.165) is 23.1 Å². The molecule has 4 rings (SSSR count). The van der Waals surface area contributed by atoms with Crippen molar-refractivity contribution in [2.45, 2.75) is 54.7 Å². The molecule has 1 saturated heterocycles. The molecule has 4 atom stereocenters. The van der Waals surface area contributed by atoms with Crippen molar-refractivity contribution in [1.82, 2.24) is 4.31 Å². The van der Waals surface area contributed by atoms with Crippen molar-refractivity contribution in [3.8, 4) is 0 Å². The molecule has 114 valence electrons. The van der Waals surface area contributed by atoms with Crippen LogP contribution in [0.5, 0.6) is 0 Å². The second kappa shape index (κ2) is 6.55. The first-order valence-electron chi connectivity index (χ1n) is 8.53. The molecule has 0 bridgehead atoms. The Bertz CT molecular complexity index is 462. The van der Waals surface area contributed by atoms with Gasteiger partial charge in [0.2, 0.25) is 0 Å². The van der Waals surface area contributed by atoms with E-state index in [2.05, 4.69) is 46.6 Å². The molecule has 1 aliphatic heterocycles. The molecule has 2 aliphatic carbocycles. The number of hydrogen-bond donors (Lipinski definition) is 0. The van der Waals surface area contributed by atoms with Crippen LogP contribution < -0.4 is 0 Å². The van der Waals surface area contributed by atoms with Crippen molar-refractivity contribution in [3.63, 3.8) is 0 Å². The minimum Gasteiger partial charge on any atom is -0.246 e. The zero-order valence-electron chi connectivity index (χ0n) is 12.6. The van der Waals surface area contributed by atoms with Gasteiger partial charge in [-0.1, -0.05) is 55.8 Å². The summed E-state index contributed by atoms with van der Waals surface area (Å²) in [5, 5.41) is 0.954. The van der Waals surface area contributed by atoms with Crippen molar-refractivity contribution in [2.75, 3.05) is 12.3 Å². The second-order valence-corrected chi connectivity index (χ2v) is 9.17. The van der Waals surface area contributed by atoms with Crippen molar-refractivity contribution in [3.05, 3.63) is 30.3 Å². The number of benzene rings is 1. The molecule has 0 aromatic heterocycles. The molecule has 0 N–H and O–H groups in total. The molecule has 3 heteroatoms. The van der Waals surface area contributed by atoms with Gasteiger partial charge in [0.25, 0.3) is 0 Å². The second-order valence-electron chi connectivity index (χ2n) is 6.71. The van der Waals surface area contributed by atoms with Gasteiger partial charge in [-0.3, -0.25) is 0 Å². The molecule has 2 saturated carbocycles. The Morgan fingerprint density at radius 1 is 1.05 bits per heavy atom. The van der Waals surface area contributed by atoms with E-state index in [4.69, 9.17) is 0 Å². The predicted molar refractivity (Wildman–Crippen MR) is 93.7 cm³/mol. The van der Waals surface area contributed by atoms with Crippen LogP contribution in [0.15, 0.2) is 35.2 Å². The van der Waals surface area contributed by atoms with E-state index in [0.29, 0.717) is 0 Å². The van der Waals surface area contributed by atoms with Crippen LogP contribution in [0.4, 0.5) is 0 Å². The van der Waals surface area contributed by atoms with Gasteiger partial charge >= 0.3 is 0 Å². The van der Waals surface area contributed by atoms with Gasteiger partial charge in [0.15, 0.2) is 0 Å². The van der Waals surface area contributed by atoms with E-state index in [1.165, 1.54) is 55.7 Å². The summed E-state index contributed by atoms with van der Waals surface area (Å²) in [5.41, 5.74) is 0. The maximum atomic E-state index is 2.78. The zero-order valence-corrected chi connectivity index (χ0v) is 14.2. The molecule has 0 amide bonds. The monoisotopic (exact) mass is 319 g/mol. The van der Waals surface area contributed by atoms with E-state index in [-0.39, 0.29) is 0 Å². The van der Waals surface area contributed by atoms with Crippen molar-refractivity contribution < 1.29 is 0 Å². The van der Waals surface area contributed by atoms with E-state index in [1.54, 1.807) is 0 Å². The average Bonchev–Trinajstić information content (AvgIpc) is 2.89. The molecular weight excluding hydrogens is 294 g/mol. The lowest BCUT2D eigenvalue weighted by atomic mass is 9.68. The standard InChI is InChI=1S/C18H25NS2/c1-2-8-15(9-3-1)20-13-12-19-16-10-4-6-14-7-5-11-17(21-19)18(14)16/h1-3,8-9,14,16-18H,4-7,10-13H2. The largest absolute Gasteiger partial charge is 0.246 e. The van der Waals surface area contributed by atoms with Crippen molar-refractivity contribution >= 4 is 23.7 Å². The van der Waals surface area contributed by atoms with Gasteiger partial charge in [-0.15, -0.1) is 11.8 Å². The molecular formula is C18H25NS2. The van der Waals surface area contributed by atoms with E-state index in [9.17, 15) is 0 Å². The zero-order chi connectivity index (χ0) is 14.1. The van der Waals surface area contributed by atoms with Crippen LogP contribution in [0.3, 0.4) is 0 Å². The molecule has 0 radical (unpaired) electrons. The summed E-state index contributed by atoms with van der Waals surface area (Å²) < 4.78 is 2.78. The number of thioether (sulfide) groups is 1. The molecule has 1 heterocycles. The van der Waals surface area contributed by atoms with Gasteiger partial charge in [-0.25, -0.2) is 4.31 Å². The summed E-state index contributed by atoms with van der Waals surface area (Å²) in [6.45, 7) is 1.26. The van der Waals surface area contributed by atoms with Crippen LogP contribution in [-0.2, 0) is 0 Å². The number of rotatable bonds is 4. The van der Waals surface area contributed by atoms with Crippen LogP contribution in [-0.4, -0.2) is 27.9 Å². The highest BCUT2D eigenvalue weighted by molar-refractivity contribution is 7.99. The maximum absolute atomic E-state index is 2.78. The normalized spacial score (nSPS) is 35.6. The fourth-order valence-corrected chi connectivity index (χ4v) is 7.40. The van der Waals surface area contributed by atoms with Gasteiger partial charge in [0.05, 0.1) is 0 Å². The van der Waals surface area contributed by atoms with Gasteiger partial charge in [0, 0.05) is 28.5 Å². The fourth-order valence-electron chi connectivity index (χ4n) is 4.65. The summed E-state index contributed by atoms with van der Waals surface area (Å²) >= 11 is 4.24. The summed E-state index contributed by atoms with van der Waals surface area (Å²) in [7, 11) is 0. The van der Waals surface area contributed by atoms with Crippen molar-refractivity contribution in [1.29, 1.82) is 0 Å². The lowest BCUT2D eigenvalue weighted by molar-refractivity contribution is 0.119. The molecule has 3 aliphatic rings. The minimum absolute atomic E-state index is 0.899. The summed E-state index contributed by atoms with van der Waals surface area (Å²) in [5.74, 6) is 3.32. The lowest BCUT2D eigenvalue weighted by Crippen LogP contribution is -2.41. The average molecular weight is 320 g/mol. The number of hydrogen-bond acceptors (Lipinski definition) is 3. The maximum Gasteiger partial charge on any atom is 0.0244 e. The Balaban J connectivity index is 1.35. The Morgan fingerprint density at radius 2 is 1.86 bits per heavy atom. The Morgan fingerprint density at radius 3 is 2.71 bits per heavy atom. The highest BCUT2D eigenvalue weighted by Gasteiger charge is 2.49. The molecule has 1 nitrogen and oxygen atoms in total. The first kappa shape index (κ1) is 14.5. The van der Waals surface area contributed by atoms with E-state index in [1.807, 2.05) is 11.8 Å². The van der Waals surface area contributed by atoms with Crippen molar-refractivity contribution in [2.24, 2.45) is 11.8 Å². The third kappa shape index (κ3) is 3.02.